The molecule has 1 atom stereocenters. The fourth-order valence-electron chi connectivity index (χ4n) is 3.65. The lowest BCUT2D eigenvalue weighted by atomic mass is 9.93. The van der Waals surface area contributed by atoms with Gasteiger partial charge in [-0.25, -0.2) is 0 Å². The summed E-state index contributed by atoms with van der Waals surface area (Å²) in [5, 5.41) is 21.0. The number of phenols is 1. The Hall–Kier alpha value is -2.99. The molecule has 2 aromatic rings. The Bertz CT molecular complexity index is 1030. The van der Waals surface area contributed by atoms with Crippen LogP contribution in [-0.2, 0) is 9.59 Å². The molecule has 0 aromatic heterocycles. The third kappa shape index (κ3) is 3.87. The normalized spacial score (nSPS) is 18.1. The summed E-state index contributed by atoms with van der Waals surface area (Å²) in [4.78, 5) is 27.2. The average molecular weight is 430 g/mol. The lowest BCUT2D eigenvalue weighted by Crippen LogP contribution is -2.30. The summed E-state index contributed by atoms with van der Waals surface area (Å²) in [5.74, 6) is -1.13. The topological polar surface area (TPSA) is 87.1 Å². The minimum atomic E-state index is -0.795. The zero-order valence-corrected chi connectivity index (χ0v) is 17.9. The summed E-state index contributed by atoms with van der Waals surface area (Å²) in [6, 6.07) is 8.82. The van der Waals surface area contributed by atoms with Crippen molar-refractivity contribution in [2.24, 2.45) is 0 Å². The van der Waals surface area contributed by atoms with Gasteiger partial charge < -0.3 is 19.8 Å². The van der Waals surface area contributed by atoms with Crippen molar-refractivity contribution in [1.29, 1.82) is 0 Å². The van der Waals surface area contributed by atoms with Gasteiger partial charge in [-0.05, 0) is 54.8 Å². The summed E-state index contributed by atoms with van der Waals surface area (Å²) in [7, 11) is 1.54. The Morgan fingerprint density at radius 2 is 1.93 bits per heavy atom. The first kappa shape index (κ1) is 21.7. The van der Waals surface area contributed by atoms with E-state index in [1.807, 2.05) is 6.92 Å². The number of ketones is 1. The van der Waals surface area contributed by atoms with Crippen LogP contribution in [0.25, 0.3) is 5.76 Å². The molecule has 0 aliphatic carbocycles. The van der Waals surface area contributed by atoms with Gasteiger partial charge >= 0.3 is 0 Å². The molecule has 3 rings (SSSR count). The molecule has 0 radical (unpaired) electrons. The molecular weight excluding hydrogens is 406 g/mol. The van der Waals surface area contributed by atoms with Gasteiger partial charge in [0.15, 0.2) is 0 Å². The van der Waals surface area contributed by atoms with Crippen LogP contribution in [-0.4, -0.2) is 40.5 Å². The molecule has 1 heterocycles. The molecule has 1 amide bonds. The van der Waals surface area contributed by atoms with Crippen LogP contribution in [0, 0.1) is 6.92 Å². The Labute approximate surface area is 180 Å². The number of nitrogens with zero attached hydrogens (tertiary/aromatic N) is 1. The van der Waals surface area contributed by atoms with Crippen molar-refractivity contribution >= 4 is 29.1 Å². The molecule has 7 heteroatoms. The summed E-state index contributed by atoms with van der Waals surface area (Å²) in [6.07, 6.45) is 1.54. The summed E-state index contributed by atoms with van der Waals surface area (Å²) < 4.78 is 5.20. The van der Waals surface area contributed by atoms with Crippen molar-refractivity contribution in [3.8, 4) is 11.5 Å². The van der Waals surface area contributed by atoms with Crippen LogP contribution in [0.1, 0.15) is 42.5 Å². The van der Waals surface area contributed by atoms with Gasteiger partial charge in [-0.15, -0.1) is 0 Å². The Morgan fingerprint density at radius 3 is 2.53 bits per heavy atom. The van der Waals surface area contributed by atoms with Crippen LogP contribution in [0.4, 0.5) is 0 Å². The van der Waals surface area contributed by atoms with E-state index in [1.165, 1.54) is 17.0 Å². The highest BCUT2D eigenvalue weighted by molar-refractivity contribution is 6.46. The van der Waals surface area contributed by atoms with E-state index in [9.17, 15) is 19.8 Å². The standard InChI is InChI=1S/C23H24ClNO5/c1-4-5-10-25-20(14-6-9-18(26)17(24)12-14)19(22(28)23(25)29)21(27)16-8-7-15(30-3)11-13(16)2/h6-9,11-12,20,26-27H,4-5,10H2,1-3H3/b21-19-. The highest BCUT2D eigenvalue weighted by Crippen LogP contribution is 2.41. The predicted octanol–water partition coefficient (Wildman–Crippen LogP) is 4.58. The number of rotatable bonds is 6. The third-order valence-electron chi connectivity index (χ3n) is 5.27. The van der Waals surface area contributed by atoms with Crippen LogP contribution in [0.15, 0.2) is 42.0 Å². The largest absolute Gasteiger partial charge is 0.507 e. The molecule has 2 aromatic carbocycles. The van der Waals surface area contributed by atoms with Gasteiger partial charge in [-0.2, -0.15) is 0 Å². The van der Waals surface area contributed by atoms with Gasteiger partial charge in [0.05, 0.1) is 23.7 Å². The summed E-state index contributed by atoms with van der Waals surface area (Å²) >= 11 is 6.09. The Morgan fingerprint density at radius 1 is 1.20 bits per heavy atom. The molecular formula is C23H24ClNO5. The number of hydrogen-bond acceptors (Lipinski definition) is 5. The van der Waals surface area contributed by atoms with Gasteiger partial charge in [-0.3, -0.25) is 9.59 Å². The highest BCUT2D eigenvalue weighted by Gasteiger charge is 2.46. The number of aromatic hydroxyl groups is 1. The third-order valence-corrected chi connectivity index (χ3v) is 5.57. The van der Waals surface area contributed by atoms with E-state index in [0.717, 1.165) is 6.42 Å². The first-order chi connectivity index (χ1) is 14.3. The first-order valence-electron chi connectivity index (χ1n) is 9.72. The number of halogens is 1. The smallest absolute Gasteiger partial charge is 0.295 e. The van der Waals surface area contributed by atoms with Crippen molar-refractivity contribution in [1.82, 2.24) is 4.90 Å². The van der Waals surface area contributed by atoms with Crippen LogP contribution >= 0.6 is 11.6 Å². The number of unbranched alkanes of at least 4 members (excludes halogenated alkanes) is 1. The zero-order chi connectivity index (χ0) is 22.0. The van der Waals surface area contributed by atoms with Gasteiger partial charge in [0, 0.05) is 12.1 Å². The second kappa shape index (κ2) is 8.79. The maximum absolute atomic E-state index is 12.9. The van der Waals surface area contributed by atoms with Crippen LogP contribution in [0.5, 0.6) is 11.5 Å². The second-order valence-electron chi connectivity index (χ2n) is 7.24. The maximum atomic E-state index is 12.9. The number of aryl methyl sites for hydroxylation is 1. The van der Waals surface area contributed by atoms with E-state index in [4.69, 9.17) is 16.3 Å². The number of phenolic OH excluding ortho intramolecular Hbond substituents is 1. The van der Waals surface area contributed by atoms with Crippen LogP contribution < -0.4 is 4.74 Å². The van der Waals surface area contributed by atoms with Crippen molar-refractivity contribution in [3.63, 3.8) is 0 Å². The quantitative estimate of drug-likeness (QED) is 0.398. The molecule has 1 fully saturated rings. The number of aliphatic hydroxyl groups excluding tert-OH is 1. The molecule has 30 heavy (non-hydrogen) atoms. The van der Waals surface area contributed by atoms with E-state index < -0.39 is 17.7 Å². The molecule has 1 aliphatic heterocycles. The molecule has 2 N–H and O–H groups in total. The SMILES string of the molecule is CCCCN1C(=O)C(=O)/C(=C(\O)c2ccc(OC)cc2C)C1c1ccc(O)c(Cl)c1. The van der Waals surface area contributed by atoms with E-state index in [0.29, 0.717) is 35.4 Å². The van der Waals surface area contributed by atoms with Gasteiger partial charge in [0.2, 0.25) is 0 Å². The summed E-state index contributed by atoms with van der Waals surface area (Å²) in [6.45, 7) is 4.14. The molecule has 158 valence electrons. The Balaban J connectivity index is 2.20. The van der Waals surface area contributed by atoms with Gasteiger partial charge in [0.1, 0.15) is 17.3 Å². The lowest BCUT2D eigenvalue weighted by molar-refractivity contribution is -0.139. The molecule has 1 aliphatic rings. The minimum absolute atomic E-state index is 0.00567. The van der Waals surface area contributed by atoms with Gasteiger partial charge in [0.25, 0.3) is 11.7 Å². The van der Waals surface area contributed by atoms with Crippen molar-refractivity contribution in [2.45, 2.75) is 32.7 Å². The number of aliphatic hydroxyl groups is 1. The molecule has 1 unspecified atom stereocenters. The highest BCUT2D eigenvalue weighted by atomic mass is 35.5. The molecule has 1 saturated heterocycles. The van der Waals surface area contributed by atoms with E-state index in [2.05, 4.69) is 0 Å². The maximum Gasteiger partial charge on any atom is 0.295 e. The monoisotopic (exact) mass is 429 g/mol. The molecule has 0 bridgehead atoms. The van der Waals surface area contributed by atoms with Gasteiger partial charge in [-0.1, -0.05) is 31.0 Å². The number of amides is 1. The number of carbonyl (C=O) groups is 2. The summed E-state index contributed by atoms with van der Waals surface area (Å²) in [5.41, 5.74) is 1.69. The lowest BCUT2D eigenvalue weighted by Gasteiger charge is -2.25. The van der Waals surface area contributed by atoms with Crippen LogP contribution in [0.3, 0.4) is 0 Å². The van der Waals surface area contributed by atoms with E-state index >= 15 is 0 Å². The number of hydrogen-bond donors (Lipinski definition) is 2. The number of carbonyl (C=O) groups excluding carboxylic acids is 2. The zero-order valence-electron chi connectivity index (χ0n) is 17.1. The number of Topliss-reactive ketones (excluding diaryl/α,β-unsaturated/α-hetero) is 1. The van der Waals surface area contributed by atoms with Crippen molar-refractivity contribution in [3.05, 3.63) is 63.7 Å². The number of ether oxygens (including phenoxy) is 1. The number of benzene rings is 2. The first-order valence-corrected chi connectivity index (χ1v) is 10.1. The van der Waals surface area contributed by atoms with Crippen LogP contribution in [0.2, 0.25) is 5.02 Å². The number of likely N-dealkylation sites (tertiary alicyclic amines) is 1. The van der Waals surface area contributed by atoms with E-state index in [-0.39, 0.29) is 22.1 Å². The molecule has 0 saturated carbocycles. The fraction of sp³-hybridized carbons (Fsp3) is 0.304. The fourth-order valence-corrected chi connectivity index (χ4v) is 3.84. The molecule has 0 spiro atoms. The van der Waals surface area contributed by atoms with Crippen molar-refractivity contribution < 1.29 is 24.5 Å². The second-order valence-corrected chi connectivity index (χ2v) is 7.64. The number of methoxy groups -OCH3 is 1. The van der Waals surface area contributed by atoms with Crippen molar-refractivity contribution in [2.75, 3.05) is 13.7 Å². The minimum Gasteiger partial charge on any atom is -0.507 e. The predicted molar refractivity (Wildman–Crippen MR) is 115 cm³/mol. The molecule has 6 nitrogen and oxygen atoms in total. The van der Waals surface area contributed by atoms with E-state index in [1.54, 1.807) is 38.3 Å². The average Bonchev–Trinajstić information content (AvgIpc) is 2.98. The Kier molecular flexibility index (Phi) is 6.37.